The largest absolute Gasteiger partial charge is 0.508 e. The molecule has 0 radical (unpaired) electrons. The minimum Gasteiger partial charge on any atom is -0.508 e. The Hall–Kier alpha value is -1.59. The maximum Gasteiger partial charge on any atom is 0.253 e. The lowest BCUT2D eigenvalue weighted by atomic mass is 9.85. The van der Waals surface area contributed by atoms with Crippen LogP contribution in [0.15, 0.2) is 18.2 Å². The maximum atomic E-state index is 12.8. The predicted molar refractivity (Wildman–Crippen MR) is 98.1 cm³/mol. The molecule has 2 saturated heterocycles. The third kappa shape index (κ3) is 4.33. The van der Waals surface area contributed by atoms with Gasteiger partial charge in [0.2, 0.25) is 0 Å². The molecule has 5 nitrogen and oxygen atoms in total. The predicted octanol–water partition coefficient (Wildman–Crippen LogP) is 2.63. The van der Waals surface area contributed by atoms with Crippen LogP contribution in [0.5, 0.6) is 5.75 Å². The Morgan fingerprint density at radius 1 is 1.24 bits per heavy atom. The van der Waals surface area contributed by atoms with E-state index < -0.39 is 0 Å². The Morgan fingerprint density at radius 2 is 1.96 bits per heavy atom. The number of nitrogens with zero attached hydrogens (tertiary/aromatic N) is 2. The zero-order valence-corrected chi connectivity index (χ0v) is 15.6. The average molecular weight is 346 g/mol. The summed E-state index contributed by atoms with van der Waals surface area (Å²) in [5, 5.41) is 10.1. The van der Waals surface area contributed by atoms with E-state index in [4.69, 9.17) is 4.74 Å². The molecule has 0 bridgehead atoms. The fourth-order valence-corrected chi connectivity index (χ4v) is 3.66. The van der Waals surface area contributed by atoms with Gasteiger partial charge in [-0.1, -0.05) is 20.8 Å². The van der Waals surface area contributed by atoms with Crippen molar-refractivity contribution >= 4 is 5.91 Å². The molecule has 1 N–H and O–H groups in total. The zero-order valence-electron chi connectivity index (χ0n) is 15.6. The van der Waals surface area contributed by atoms with Crippen LogP contribution in [0.4, 0.5) is 0 Å². The highest BCUT2D eigenvalue weighted by molar-refractivity contribution is 5.94. The van der Waals surface area contributed by atoms with E-state index in [0.717, 1.165) is 51.3 Å². The molecule has 2 heterocycles. The van der Waals surface area contributed by atoms with Crippen LogP contribution in [-0.2, 0) is 10.2 Å². The Labute approximate surface area is 150 Å². The van der Waals surface area contributed by atoms with Crippen LogP contribution in [0.1, 0.15) is 49.5 Å². The minimum absolute atomic E-state index is 0.0577. The van der Waals surface area contributed by atoms with E-state index in [1.807, 2.05) is 31.7 Å². The summed E-state index contributed by atoms with van der Waals surface area (Å²) < 4.78 is 5.71. The summed E-state index contributed by atoms with van der Waals surface area (Å²) in [5.74, 6) is 0.313. The van der Waals surface area contributed by atoms with Crippen LogP contribution >= 0.6 is 0 Å². The summed E-state index contributed by atoms with van der Waals surface area (Å²) >= 11 is 0. The van der Waals surface area contributed by atoms with Gasteiger partial charge in [0.1, 0.15) is 5.75 Å². The molecule has 2 fully saturated rings. The van der Waals surface area contributed by atoms with Crippen LogP contribution < -0.4 is 0 Å². The van der Waals surface area contributed by atoms with E-state index in [9.17, 15) is 9.90 Å². The first-order valence-corrected chi connectivity index (χ1v) is 9.31. The van der Waals surface area contributed by atoms with Crippen LogP contribution in [0.3, 0.4) is 0 Å². The van der Waals surface area contributed by atoms with Crippen LogP contribution in [0.25, 0.3) is 0 Å². The van der Waals surface area contributed by atoms with Gasteiger partial charge in [-0.05, 0) is 36.5 Å². The fraction of sp³-hybridized carbons (Fsp3) is 0.650. The van der Waals surface area contributed by atoms with Gasteiger partial charge in [-0.15, -0.1) is 0 Å². The lowest BCUT2D eigenvalue weighted by Gasteiger charge is -2.36. The topological polar surface area (TPSA) is 53.0 Å². The van der Waals surface area contributed by atoms with Crippen LogP contribution in [-0.4, -0.2) is 66.2 Å². The highest BCUT2D eigenvalue weighted by Gasteiger charge is 2.26. The number of hydrogen-bond acceptors (Lipinski definition) is 4. The zero-order chi connectivity index (χ0) is 18.0. The molecule has 1 aromatic rings. The Balaban J connectivity index is 1.61. The number of piperazine rings is 1. The van der Waals surface area contributed by atoms with Crippen molar-refractivity contribution in [1.82, 2.24) is 9.80 Å². The highest BCUT2D eigenvalue weighted by atomic mass is 16.5. The molecule has 138 valence electrons. The molecule has 2 aliphatic rings. The molecular weight excluding hydrogens is 316 g/mol. The second kappa shape index (κ2) is 7.34. The summed E-state index contributed by atoms with van der Waals surface area (Å²) in [6.45, 7) is 11.3. The third-order valence-corrected chi connectivity index (χ3v) is 5.20. The molecule has 1 aromatic carbocycles. The minimum atomic E-state index is -0.194. The molecular formula is C20H30N2O3. The summed E-state index contributed by atoms with van der Waals surface area (Å²) in [5.41, 5.74) is 1.28. The number of carbonyl (C=O) groups excluding carboxylic acids is 1. The first kappa shape index (κ1) is 18.2. The first-order chi connectivity index (χ1) is 11.8. The SMILES string of the molecule is CC(C)(C)c1cc(C(=O)N2CCN(CC3CCCO3)CC2)ccc1O. The Kier molecular flexibility index (Phi) is 5.35. The molecule has 25 heavy (non-hydrogen) atoms. The van der Waals surface area contributed by atoms with E-state index in [-0.39, 0.29) is 17.1 Å². The maximum absolute atomic E-state index is 12.8. The number of rotatable bonds is 3. The van der Waals surface area contributed by atoms with Gasteiger partial charge in [-0.25, -0.2) is 0 Å². The number of carbonyl (C=O) groups is 1. The molecule has 0 saturated carbocycles. The second-order valence-corrected chi connectivity index (χ2v) is 8.21. The van der Waals surface area contributed by atoms with Crippen molar-refractivity contribution in [2.75, 3.05) is 39.3 Å². The molecule has 2 aliphatic heterocycles. The van der Waals surface area contributed by atoms with Crippen molar-refractivity contribution in [2.45, 2.75) is 45.1 Å². The number of phenols is 1. The molecule has 5 heteroatoms. The molecule has 1 atom stereocenters. The average Bonchev–Trinajstić information content (AvgIpc) is 3.07. The number of ether oxygens (including phenoxy) is 1. The first-order valence-electron chi connectivity index (χ1n) is 9.31. The number of hydrogen-bond donors (Lipinski definition) is 1. The second-order valence-electron chi connectivity index (χ2n) is 8.21. The van der Waals surface area contributed by atoms with Gasteiger partial charge in [0.25, 0.3) is 5.91 Å². The summed E-state index contributed by atoms with van der Waals surface area (Å²) in [6, 6.07) is 5.21. The highest BCUT2D eigenvalue weighted by Crippen LogP contribution is 2.31. The number of phenolic OH excluding ortho intramolecular Hbond substituents is 1. The van der Waals surface area contributed by atoms with Gasteiger partial charge in [0.05, 0.1) is 6.10 Å². The lowest BCUT2D eigenvalue weighted by molar-refractivity contribution is 0.0432. The van der Waals surface area contributed by atoms with Gasteiger partial charge in [0, 0.05) is 50.5 Å². The molecule has 0 aromatic heterocycles. The van der Waals surface area contributed by atoms with E-state index in [1.54, 1.807) is 12.1 Å². The van der Waals surface area contributed by atoms with Crippen molar-refractivity contribution in [3.63, 3.8) is 0 Å². The summed E-state index contributed by atoms with van der Waals surface area (Å²) in [6.07, 6.45) is 2.69. The monoisotopic (exact) mass is 346 g/mol. The fourth-order valence-electron chi connectivity index (χ4n) is 3.66. The van der Waals surface area contributed by atoms with Gasteiger partial charge in [0.15, 0.2) is 0 Å². The third-order valence-electron chi connectivity index (χ3n) is 5.20. The van der Waals surface area contributed by atoms with E-state index in [1.165, 1.54) is 6.42 Å². The van der Waals surface area contributed by atoms with Crippen molar-refractivity contribution in [3.8, 4) is 5.75 Å². The van der Waals surface area contributed by atoms with Crippen LogP contribution in [0.2, 0.25) is 0 Å². The van der Waals surface area contributed by atoms with Crippen molar-refractivity contribution in [2.24, 2.45) is 0 Å². The van der Waals surface area contributed by atoms with E-state index in [2.05, 4.69) is 4.90 Å². The Bertz CT molecular complexity index is 610. The number of aromatic hydroxyl groups is 1. The summed E-state index contributed by atoms with van der Waals surface area (Å²) in [7, 11) is 0. The molecule has 0 aliphatic carbocycles. The van der Waals surface area contributed by atoms with Gasteiger partial charge in [-0.3, -0.25) is 9.69 Å². The molecule has 0 spiro atoms. The standard InChI is InChI=1S/C20H30N2O3/c1-20(2,3)17-13-15(6-7-18(17)23)19(24)22-10-8-21(9-11-22)14-16-5-4-12-25-16/h6-7,13,16,23H,4-5,8-12,14H2,1-3H3. The molecule has 1 unspecified atom stereocenters. The quantitative estimate of drug-likeness (QED) is 0.914. The van der Waals surface area contributed by atoms with E-state index in [0.29, 0.717) is 11.7 Å². The van der Waals surface area contributed by atoms with Crippen molar-refractivity contribution in [3.05, 3.63) is 29.3 Å². The normalized spacial score (nSPS) is 22.4. The number of amides is 1. The van der Waals surface area contributed by atoms with Gasteiger partial charge < -0.3 is 14.7 Å². The molecule has 1 amide bonds. The number of benzene rings is 1. The van der Waals surface area contributed by atoms with Crippen LogP contribution in [0, 0.1) is 0 Å². The molecule has 3 rings (SSSR count). The van der Waals surface area contributed by atoms with Crippen molar-refractivity contribution in [1.29, 1.82) is 0 Å². The smallest absolute Gasteiger partial charge is 0.253 e. The van der Waals surface area contributed by atoms with Gasteiger partial charge in [-0.2, -0.15) is 0 Å². The Morgan fingerprint density at radius 3 is 2.56 bits per heavy atom. The van der Waals surface area contributed by atoms with Gasteiger partial charge >= 0.3 is 0 Å². The lowest BCUT2D eigenvalue weighted by Crippen LogP contribution is -2.50. The van der Waals surface area contributed by atoms with E-state index >= 15 is 0 Å². The summed E-state index contributed by atoms with van der Waals surface area (Å²) in [4.78, 5) is 17.2. The van der Waals surface area contributed by atoms with Crippen molar-refractivity contribution < 1.29 is 14.6 Å².